The Bertz CT molecular complexity index is 437. The van der Waals surface area contributed by atoms with Crippen LogP contribution in [-0.2, 0) is 6.42 Å². The van der Waals surface area contributed by atoms with Gasteiger partial charge in [0.2, 0.25) is 0 Å². The van der Waals surface area contributed by atoms with Crippen molar-refractivity contribution >= 4 is 11.6 Å². The zero-order chi connectivity index (χ0) is 13.3. The second-order valence-corrected chi connectivity index (χ2v) is 6.59. The fraction of sp³-hybridized carbons (Fsp3) is 0.647. The van der Waals surface area contributed by atoms with E-state index >= 15 is 0 Å². The van der Waals surface area contributed by atoms with E-state index in [0.29, 0.717) is 11.5 Å². The molecule has 0 amide bonds. The van der Waals surface area contributed by atoms with E-state index in [1.807, 2.05) is 0 Å². The maximum atomic E-state index is 6.54. The van der Waals surface area contributed by atoms with E-state index in [4.69, 9.17) is 16.3 Å². The van der Waals surface area contributed by atoms with Gasteiger partial charge in [-0.2, -0.15) is 0 Å². The number of benzene rings is 1. The van der Waals surface area contributed by atoms with Gasteiger partial charge in [0.1, 0.15) is 11.9 Å². The third-order valence-electron chi connectivity index (χ3n) is 5.09. The van der Waals surface area contributed by atoms with E-state index in [-0.39, 0.29) is 5.41 Å². The van der Waals surface area contributed by atoms with E-state index in [2.05, 4.69) is 31.2 Å². The summed E-state index contributed by atoms with van der Waals surface area (Å²) in [6, 6.07) is 8.43. The standard InChI is InChI=1S/C17H23ClO/c1-2-13-8-4-5-9-14(13)19-16-12-15(18)17(16)10-6-3-7-11-17/h4-5,8-9,15-16H,2-3,6-7,10-12H2,1H3. The summed E-state index contributed by atoms with van der Waals surface area (Å²) in [6.45, 7) is 2.18. The summed E-state index contributed by atoms with van der Waals surface area (Å²) in [5.41, 5.74) is 1.58. The van der Waals surface area contributed by atoms with Crippen molar-refractivity contribution in [2.24, 2.45) is 5.41 Å². The minimum Gasteiger partial charge on any atom is -0.489 e. The second-order valence-electron chi connectivity index (χ2n) is 6.06. The number of ether oxygens (including phenoxy) is 1. The van der Waals surface area contributed by atoms with Crippen LogP contribution in [0.25, 0.3) is 0 Å². The molecule has 2 aliphatic carbocycles. The molecule has 2 unspecified atom stereocenters. The van der Waals surface area contributed by atoms with Gasteiger partial charge in [0.25, 0.3) is 0 Å². The molecule has 0 aromatic heterocycles. The monoisotopic (exact) mass is 278 g/mol. The molecule has 2 aliphatic rings. The molecule has 2 atom stereocenters. The lowest BCUT2D eigenvalue weighted by Crippen LogP contribution is -2.58. The van der Waals surface area contributed by atoms with Gasteiger partial charge < -0.3 is 4.74 Å². The van der Waals surface area contributed by atoms with Crippen LogP contribution in [-0.4, -0.2) is 11.5 Å². The predicted molar refractivity (Wildman–Crippen MR) is 80.0 cm³/mol. The van der Waals surface area contributed by atoms with Gasteiger partial charge >= 0.3 is 0 Å². The van der Waals surface area contributed by atoms with Crippen LogP contribution in [0.2, 0.25) is 0 Å². The molecule has 0 bridgehead atoms. The molecule has 1 nitrogen and oxygen atoms in total. The first-order valence-electron chi connectivity index (χ1n) is 7.65. The van der Waals surface area contributed by atoms with Gasteiger partial charge in [-0.1, -0.05) is 44.4 Å². The van der Waals surface area contributed by atoms with Crippen molar-refractivity contribution in [1.29, 1.82) is 0 Å². The average molecular weight is 279 g/mol. The van der Waals surface area contributed by atoms with Gasteiger partial charge in [-0.05, 0) is 30.9 Å². The Morgan fingerprint density at radius 1 is 1.21 bits per heavy atom. The number of halogens is 1. The third-order valence-corrected chi connectivity index (χ3v) is 5.71. The van der Waals surface area contributed by atoms with Crippen LogP contribution in [0.15, 0.2) is 24.3 Å². The quantitative estimate of drug-likeness (QED) is 0.710. The molecule has 104 valence electrons. The van der Waals surface area contributed by atoms with Crippen molar-refractivity contribution < 1.29 is 4.74 Å². The van der Waals surface area contributed by atoms with Gasteiger partial charge in [0.15, 0.2) is 0 Å². The van der Waals surface area contributed by atoms with Crippen LogP contribution in [0, 0.1) is 5.41 Å². The van der Waals surface area contributed by atoms with Crippen LogP contribution in [0.1, 0.15) is 51.0 Å². The Morgan fingerprint density at radius 2 is 1.95 bits per heavy atom. The van der Waals surface area contributed by atoms with Gasteiger partial charge in [-0.15, -0.1) is 11.6 Å². The minimum absolute atomic E-state index is 0.265. The third kappa shape index (κ3) is 2.27. The molecule has 2 saturated carbocycles. The van der Waals surface area contributed by atoms with Gasteiger partial charge in [-0.3, -0.25) is 0 Å². The first-order valence-corrected chi connectivity index (χ1v) is 8.08. The lowest BCUT2D eigenvalue weighted by Gasteiger charge is -2.55. The summed E-state index contributed by atoms with van der Waals surface area (Å²) in [6.07, 6.45) is 8.88. The maximum Gasteiger partial charge on any atom is 0.122 e. The predicted octanol–water partition coefficient (Wildman–Crippen LogP) is 4.96. The highest BCUT2D eigenvalue weighted by molar-refractivity contribution is 6.21. The van der Waals surface area contributed by atoms with Crippen molar-refractivity contribution in [2.45, 2.75) is 63.4 Å². The zero-order valence-electron chi connectivity index (χ0n) is 11.7. The molecule has 19 heavy (non-hydrogen) atoms. The van der Waals surface area contributed by atoms with Crippen molar-refractivity contribution in [2.75, 3.05) is 0 Å². The summed E-state index contributed by atoms with van der Waals surface area (Å²) in [5.74, 6) is 1.07. The minimum atomic E-state index is 0.265. The molecule has 2 heteroatoms. The van der Waals surface area contributed by atoms with Gasteiger partial charge in [0, 0.05) is 17.2 Å². The van der Waals surface area contributed by atoms with Crippen LogP contribution in [0.3, 0.4) is 0 Å². The summed E-state index contributed by atoms with van der Waals surface area (Å²) in [4.78, 5) is 0. The topological polar surface area (TPSA) is 9.23 Å². The van der Waals surface area contributed by atoms with Crippen molar-refractivity contribution in [3.63, 3.8) is 0 Å². The lowest BCUT2D eigenvalue weighted by molar-refractivity contribution is -0.0654. The molecule has 1 aromatic rings. The largest absolute Gasteiger partial charge is 0.489 e. The average Bonchev–Trinajstić information content (AvgIpc) is 2.48. The molecule has 2 fully saturated rings. The molecular formula is C17H23ClO. The molecule has 0 saturated heterocycles. The van der Waals surface area contributed by atoms with E-state index < -0.39 is 0 Å². The number of rotatable bonds is 3. The van der Waals surface area contributed by atoms with Crippen LogP contribution in [0.4, 0.5) is 0 Å². The first-order chi connectivity index (χ1) is 9.26. The Balaban J connectivity index is 1.76. The fourth-order valence-corrected chi connectivity index (χ4v) is 4.29. The summed E-state index contributed by atoms with van der Waals surface area (Å²) < 4.78 is 6.35. The highest BCUT2D eigenvalue weighted by Gasteiger charge is 2.55. The molecule has 0 radical (unpaired) electrons. The maximum absolute atomic E-state index is 6.54. The van der Waals surface area contributed by atoms with Crippen molar-refractivity contribution in [1.82, 2.24) is 0 Å². The van der Waals surface area contributed by atoms with Crippen molar-refractivity contribution in [3.8, 4) is 5.75 Å². The number of hydrogen-bond donors (Lipinski definition) is 0. The molecule has 0 N–H and O–H groups in total. The number of aryl methyl sites for hydroxylation is 1. The molecular weight excluding hydrogens is 256 g/mol. The van der Waals surface area contributed by atoms with E-state index in [1.54, 1.807) is 0 Å². The molecule has 1 aromatic carbocycles. The lowest BCUT2D eigenvalue weighted by atomic mass is 9.58. The Kier molecular flexibility index (Phi) is 3.75. The van der Waals surface area contributed by atoms with Crippen LogP contribution in [0.5, 0.6) is 5.75 Å². The number of alkyl halides is 1. The van der Waals surface area contributed by atoms with E-state index in [0.717, 1.165) is 18.6 Å². The normalized spacial score (nSPS) is 28.9. The Labute approximate surface area is 121 Å². The van der Waals surface area contributed by atoms with Crippen LogP contribution >= 0.6 is 11.6 Å². The Hall–Kier alpha value is -0.690. The summed E-state index contributed by atoms with van der Waals surface area (Å²) in [7, 11) is 0. The smallest absolute Gasteiger partial charge is 0.122 e. The highest BCUT2D eigenvalue weighted by Crippen LogP contribution is 2.55. The SMILES string of the molecule is CCc1ccccc1OC1CC(Cl)C12CCCCC2. The van der Waals surface area contributed by atoms with Crippen LogP contribution < -0.4 is 4.74 Å². The number of hydrogen-bond acceptors (Lipinski definition) is 1. The summed E-state index contributed by atoms with van der Waals surface area (Å²) in [5, 5.41) is 0.326. The number of para-hydroxylation sites is 1. The van der Waals surface area contributed by atoms with E-state index in [9.17, 15) is 0 Å². The second kappa shape index (κ2) is 5.36. The molecule has 0 heterocycles. The fourth-order valence-electron chi connectivity index (χ4n) is 3.77. The molecule has 3 rings (SSSR count). The first kappa shape index (κ1) is 13.3. The molecule has 1 spiro atoms. The Morgan fingerprint density at radius 3 is 2.63 bits per heavy atom. The summed E-state index contributed by atoms with van der Waals surface area (Å²) >= 11 is 6.54. The highest BCUT2D eigenvalue weighted by atomic mass is 35.5. The van der Waals surface area contributed by atoms with Crippen molar-refractivity contribution in [3.05, 3.63) is 29.8 Å². The molecule has 0 aliphatic heterocycles. The zero-order valence-corrected chi connectivity index (χ0v) is 12.5. The van der Waals surface area contributed by atoms with E-state index in [1.165, 1.54) is 37.7 Å². The van der Waals surface area contributed by atoms with Gasteiger partial charge in [0.05, 0.1) is 0 Å². The van der Waals surface area contributed by atoms with Gasteiger partial charge in [-0.25, -0.2) is 0 Å².